The highest BCUT2D eigenvalue weighted by Gasteiger charge is 2.28. The van der Waals surface area contributed by atoms with Gasteiger partial charge in [-0.3, -0.25) is 4.31 Å². The van der Waals surface area contributed by atoms with E-state index in [1.54, 1.807) is 18.2 Å². The van der Waals surface area contributed by atoms with E-state index in [2.05, 4.69) is 15.5 Å². The van der Waals surface area contributed by atoms with E-state index in [0.29, 0.717) is 36.7 Å². The molecule has 2 aromatic carbocycles. The summed E-state index contributed by atoms with van der Waals surface area (Å²) in [6.45, 7) is 1.02. The Morgan fingerprint density at radius 1 is 1.04 bits per heavy atom. The van der Waals surface area contributed by atoms with Crippen LogP contribution < -0.4 is 9.62 Å². The molecule has 1 N–H and O–H groups in total. The monoisotopic (exact) mass is 398 g/mol. The lowest BCUT2D eigenvalue weighted by Gasteiger charge is -2.17. The number of hydrogen-bond acceptors (Lipinski definition) is 5. The van der Waals surface area contributed by atoms with Crippen molar-refractivity contribution in [2.24, 2.45) is 0 Å². The van der Waals surface area contributed by atoms with E-state index in [0.717, 1.165) is 11.1 Å². The number of nitrogens with zero attached hydrogens (tertiary/aromatic N) is 3. The highest BCUT2D eigenvalue weighted by molar-refractivity contribution is 7.93. The van der Waals surface area contributed by atoms with Crippen LogP contribution in [0.25, 0.3) is 11.3 Å². The highest BCUT2D eigenvalue weighted by atomic mass is 32.2. The zero-order valence-electron chi connectivity index (χ0n) is 15.0. The van der Waals surface area contributed by atoms with Gasteiger partial charge in [-0.2, -0.15) is 0 Å². The van der Waals surface area contributed by atoms with E-state index in [4.69, 9.17) is 0 Å². The van der Waals surface area contributed by atoms with Gasteiger partial charge in [0.2, 0.25) is 10.0 Å². The lowest BCUT2D eigenvalue weighted by atomic mass is 10.1. The van der Waals surface area contributed by atoms with Crippen LogP contribution in [-0.2, 0) is 16.6 Å². The van der Waals surface area contributed by atoms with E-state index in [9.17, 15) is 12.8 Å². The Kier molecular flexibility index (Phi) is 4.95. The normalized spacial score (nSPS) is 15.5. The first-order valence-electron chi connectivity index (χ1n) is 8.94. The van der Waals surface area contributed by atoms with Gasteiger partial charge in [-0.15, -0.1) is 10.2 Å². The summed E-state index contributed by atoms with van der Waals surface area (Å²) in [6, 6.07) is 17.2. The quantitative estimate of drug-likeness (QED) is 0.713. The molecule has 6 nitrogen and oxygen atoms in total. The first kappa shape index (κ1) is 18.4. The molecule has 3 aromatic rings. The Morgan fingerprint density at radius 2 is 1.86 bits per heavy atom. The van der Waals surface area contributed by atoms with Crippen molar-refractivity contribution in [1.29, 1.82) is 0 Å². The van der Waals surface area contributed by atoms with Crippen molar-refractivity contribution in [2.75, 3.05) is 21.9 Å². The molecule has 1 aliphatic rings. The van der Waals surface area contributed by atoms with Gasteiger partial charge in [-0.05, 0) is 60.5 Å². The van der Waals surface area contributed by atoms with Gasteiger partial charge in [-0.25, -0.2) is 12.8 Å². The molecule has 1 aliphatic heterocycles. The van der Waals surface area contributed by atoms with E-state index in [1.165, 1.54) is 16.4 Å². The maximum atomic E-state index is 13.0. The molecule has 1 fully saturated rings. The maximum absolute atomic E-state index is 13.0. The summed E-state index contributed by atoms with van der Waals surface area (Å²) >= 11 is 0. The summed E-state index contributed by atoms with van der Waals surface area (Å²) in [7, 11) is -3.19. The minimum atomic E-state index is -3.19. The van der Waals surface area contributed by atoms with Crippen LogP contribution >= 0.6 is 0 Å². The summed E-state index contributed by atoms with van der Waals surface area (Å²) in [6.07, 6.45) is 0.654. The third-order valence-electron chi connectivity index (χ3n) is 4.58. The minimum absolute atomic E-state index is 0.200. The second kappa shape index (κ2) is 7.55. The highest BCUT2D eigenvalue weighted by Crippen LogP contribution is 2.25. The van der Waals surface area contributed by atoms with Crippen molar-refractivity contribution < 1.29 is 12.8 Å². The molecule has 0 radical (unpaired) electrons. The number of sulfonamides is 1. The van der Waals surface area contributed by atoms with Gasteiger partial charge in [0.15, 0.2) is 0 Å². The largest absolute Gasteiger partial charge is 0.365 e. The maximum Gasteiger partial charge on any atom is 0.235 e. The molecular weight excluding hydrogens is 379 g/mol. The van der Waals surface area contributed by atoms with Crippen molar-refractivity contribution >= 4 is 21.5 Å². The second-order valence-corrected chi connectivity index (χ2v) is 8.59. The lowest BCUT2D eigenvalue weighted by molar-refractivity contribution is 0.599. The molecule has 0 amide bonds. The third-order valence-corrected chi connectivity index (χ3v) is 6.45. The van der Waals surface area contributed by atoms with Crippen LogP contribution in [0.4, 0.5) is 15.9 Å². The van der Waals surface area contributed by atoms with Gasteiger partial charge in [0.25, 0.3) is 0 Å². The standard InChI is InChI=1S/C20H19FN4O2S/c21-17-7-5-16(6-8-17)19-9-10-20(24-23-19)22-14-15-3-1-4-18(13-15)25-11-2-12-28(25,26)27/h1,3-10,13H,2,11-12,14H2,(H,22,24). The Morgan fingerprint density at radius 3 is 2.54 bits per heavy atom. The molecule has 8 heteroatoms. The first-order chi connectivity index (χ1) is 13.5. The van der Waals surface area contributed by atoms with Crippen molar-refractivity contribution in [3.8, 4) is 11.3 Å². The van der Waals surface area contributed by atoms with Crippen LogP contribution in [0.1, 0.15) is 12.0 Å². The predicted molar refractivity (Wildman–Crippen MR) is 107 cm³/mol. The number of benzene rings is 2. The third kappa shape index (κ3) is 3.96. The zero-order valence-corrected chi connectivity index (χ0v) is 15.9. The Hall–Kier alpha value is -3.00. The number of rotatable bonds is 5. The summed E-state index contributed by atoms with van der Waals surface area (Å²) in [5, 5.41) is 11.5. The van der Waals surface area contributed by atoms with Crippen LogP contribution in [0, 0.1) is 5.82 Å². The van der Waals surface area contributed by atoms with Gasteiger partial charge in [-0.1, -0.05) is 12.1 Å². The summed E-state index contributed by atoms with van der Waals surface area (Å²) < 4.78 is 38.7. The van der Waals surface area contributed by atoms with Crippen molar-refractivity contribution in [3.05, 3.63) is 72.0 Å². The zero-order chi connectivity index (χ0) is 19.6. The average molecular weight is 398 g/mol. The van der Waals surface area contributed by atoms with E-state index in [-0.39, 0.29) is 11.6 Å². The molecule has 0 bridgehead atoms. The molecule has 2 heterocycles. The molecule has 28 heavy (non-hydrogen) atoms. The van der Waals surface area contributed by atoms with Gasteiger partial charge in [0.1, 0.15) is 11.6 Å². The molecule has 4 rings (SSSR count). The fraction of sp³-hybridized carbons (Fsp3) is 0.200. The van der Waals surface area contributed by atoms with Crippen LogP contribution in [0.15, 0.2) is 60.7 Å². The molecule has 0 spiro atoms. The fourth-order valence-electron chi connectivity index (χ4n) is 3.14. The van der Waals surface area contributed by atoms with Gasteiger partial charge in [0, 0.05) is 18.7 Å². The molecule has 0 aliphatic carbocycles. The van der Waals surface area contributed by atoms with Gasteiger partial charge < -0.3 is 5.32 Å². The number of aromatic nitrogens is 2. The number of hydrogen-bond donors (Lipinski definition) is 1. The van der Waals surface area contributed by atoms with Crippen molar-refractivity contribution in [2.45, 2.75) is 13.0 Å². The topological polar surface area (TPSA) is 75.2 Å². The van der Waals surface area contributed by atoms with Crippen LogP contribution in [0.2, 0.25) is 0 Å². The summed E-state index contributed by atoms with van der Waals surface area (Å²) in [5.74, 6) is 0.509. The smallest absolute Gasteiger partial charge is 0.235 e. The Bertz CT molecular complexity index is 1070. The average Bonchev–Trinajstić information content (AvgIpc) is 3.07. The Labute approximate surface area is 163 Å². The molecule has 1 saturated heterocycles. The van der Waals surface area contributed by atoms with Crippen LogP contribution in [0.5, 0.6) is 0 Å². The molecule has 0 unspecified atom stereocenters. The number of nitrogens with one attached hydrogen (secondary N) is 1. The summed E-state index contributed by atoms with van der Waals surface area (Å²) in [4.78, 5) is 0. The molecule has 0 saturated carbocycles. The molecule has 1 aromatic heterocycles. The molecular formula is C20H19FN4O2S. The van der Waals surface area contributed by atoms with Gasteiger partial charge >= 0.3 is 0 Å². The second-order valence-electron chi connectivity index (χ2n) is 6.58. The number of anilines is 2. The van der Waals surface area contributed by atoms with Gasteiger partial charge in [0.05, 0.1) is 17.1 Å². The molecule has 144 valence electrons. The SMILES string of the molecule is O=S1(=O)CCCN1c1cccc(CNc2ccc(-c3ccc(F)cc3)nn2)c1. The molecule has 0 atom stereocenters. The lowest BCUT2D eigenvalue weighted by Crippen LogP contribution is -2.25. The predicted octanol–water partition coefficient (Wildman–Crippen LogP) is 3.43. The van der Waals surface area contributed by atoms with Crippen LogP contribution in [0.3, 0.4) is 0 Å². The van der Waals surface area contributed by atoms with Crippen molar-refractivity contribution in [1.82, 2.24) is 10.2 Å². The van der Waals surface area contributed by atoms with Crippen molar-refractivity contribution in [3.63, 3.8) is 0 Å². The van der Waals surface area contributed by atoms with E-state index >= 15 is 0 Å². The summed E-state index contributed by atoms with van der Waals surface area (Å²) in [5.41, 5.74) is 3.09. The first-order valence-corrected chi connectivity index (χ1v) is 10.6. The Balaban J connectivity index is 1.43. The van der Waals surface area contributed by atoms with E-state index < -0.39 is 10.0 Å². The minimum Gasteiger partial charge on any atom is -0.365 e. The fourth-order valence-corrected chi connectivity index (χ4v) is 4.70. The van der Waals surface area contributed by atoms with Crippen LogP contribution in [-0.4, -0.2) is 30.9 Å². The number of halogens is 1. The van der Waals surface area contributed by atoms with E-state index in [1.807, 2.05) is 30.3 Å².